The highest BCUT2D eigenvalue weighted by Crippen LogP contribution is 2.68. The normalized spacial score (nSPS) is 42.0. The quantitative estimate of drug-likeness (QED) is 0.323. The molecule has 0 nitrogen and oxygen atoms in total. The van der Waals surface area contributed by atoms with Crippen LogP contribution in [0.1, 0.15) is 130 Å². The maximum atomic E-state index is 4.38. The van der Waals surface area contributed by atoms with E-state index in [0.29, 0.717) is 10.8 Å². The summed E-state index contributed by atoms with van der Waals surface area (Å²) in [4.78, 5) is 0. The summed E-state index contributed by atoms with van der Waals surface area (Å²) < 4.78 is 0. The molecule has 3 saturated carbocycles. The molecule has 5 unspecified atom stereocenters. The van der Waals surface area contributed by atoms with Crippen molar-refractivity contribution in [1.82, 2.24) is 0 Å². The Balaban J connectivity index is 1.45. The molecule has 7 atom stereocenters. The van der Waals surface area contributed by atoms with E-state index in [0.717, 1.165) is 29.6 Å². The van der Waals surface area contributed by atoms with Gasteiger partial charge in [0, 0.05) is 0 Å². The fraction of sp³-hybridized carbons (Fsp3) is 0.871. The second kappa shape index (κ2) is 9.77. The predicted octanol–water partition coefficient (Wildman–Crippen LogP) is 9.90. The van der Waals surface area contributed by atoms with Gasteiger partial charge in [-0.1, -0.05) is 103 Å². The Bertz CT molecular complexity index is 655. The second-order valence-electron chi connectivity index (χ2n) is 12.8. The number of hydrogen-bond donors (Lipinski definition) is 0. The van der Waals surface area contributed by atoms with Gasteiger partial charge in [0.1, 0.15) is 0 Å². The fourth-order valence-electron chi connectivity index (χ4n) is 8.89. The van der Waals surface area contributed by atoms with Gasteiger partial charge in [0.2, 0.25) is 0 Å². The van der Waals surface area contributed by atoms with Crippen molar-refractivity contribution in [3.05, 3.63) is 23.8 Å². The van der Waals surface area contributed by atoms with Crippen LogP contribution in [0.25, 0.3) is 0 Å². The lowest BCUT2D eigenvalue weighted by Gasteiger charge is -2.61. The third-order valence-corrected chi connectivity index (χ3v) is 11.2. The molecular formula is C31H52. The molecule has 0 radical (unpaired) electrons. The molecule has 0 N–H and O–H groups in total. The average molecular weight is 425 g/mol. The fourth-order valence-corrected chi connectivity index (χ4v) is 8.89. The molecule has 4 aliphatic rings. The van der Waals surface area contributed by atoms with E-state index in [1.165, 1.54) is 108 Å². The van der Waals surface area contributed by atoms with Crippen molar-refractivity contribution in [3.63, 3.8) is 0 Å². The van der Waals surface area contributed by atoms with Crippen molar-refractivity contribution in [2.24, 2.45) is 40.4 Å². The van der Waals surface area contributed by atoms with Gasteiger partial charge in [-0.05, 0) is 91.8 Å². The van der Waals surface area contributed by atoms with Gasteiger partial charge in [-0.25, -0.2) is 0 Å². The zero-order chi connectivity index (χ0) is 22.1. The Kier molecular flexibility index (Phi) is 7.45. The van der Waals surface area contributed by atoms with Crippen molar-refractivity contribution in [2.45, 2.75) is 130 Å². The van der Waals surface area contributed by atoms with Crippen molar-refractivity contribution in [3.8, 4) is 0 Å². The SMILES string of the molecule is C=C1C=C2C[C@@H](CCCCCCCCCC)C3C(CC[C@]4(C)C(C)CCC34)C2(C)CC1. The summed E-state index contributed by atoms with van der Waals surface area (Å²) in [5.74, 6) is 4.84. The Morgan fingerprint density at radius 1 is 0.903 bits per heavy atom. The van der Waals surface area contributed by atoms with Crippen LogP contribution in [0.5, 0.6) is 0 Å². The van der Waals surface area contributed by atoms with Crippen LogP contribution in [0.3, 0.4) is 0 Å². The maximum absolute atomic E-state index is 4.38. The average Bonchev–Trinajstić information content (AvgIpc) is 3.05. The van der Waals surface area contributed by atoms with Gasteiger partial charge in [-0.3, -0.25) is 0 Å². The standard InChI is InChI=1S/C31H52/c1-6-7-8-9-10-11-12-13-14-25-22-26-21-23(2)17-19-31(26,5)28-18-20-30(4)24(3)15-16-27(30)29(25)28/h21,24-25,27-29H,2,6-20,22H2,1,3-5H3/t24?,25-,27?,28?,29?,30-,31?/m1/s1. The van der Waals surface area contributed by atoms with Crippen molar-refractivity contribution in [1.29, 1.82) is 0 Å². The first kappa shape index (κ1) is 23.6. The van der Waals surface area contributed by atoms with Crippen LogP contribution in [0.4, 0.5) is 0 Å². The van der Waals surface area contributed by atoms with E-state index in [1.54, 1.807) is 0 Å². The highest BCUT2D eigenvalue weighted by atomic mass is 14.6. The molecule has 0 aromatic heterocycles. The summed E-state index contributed by atoms with van der Waals surface area (Å²) in [6.07, 6.45) is 25.7. The number of hydrogen-bond acceptors (Lipinski definition) is 0. The van der Waals surface area contributed by atoms with Crippen molar-refractivity contribution >= 4 is 0 Å². The van der Waals surface area contributed by atoms with Crippen LogP contribution in [0, 0.1) is 40.4 Å². The van der Waals surface area contributed by atoms with E-state index in [9.17, 15) is 0 Å². The van der Waals surface area contributed by atoms with E-state index in [-0.39, 0.29) is 0 Å². The lowest BCUT2D eigenvalue weighted by atomic mass is 9.44. The molecule has 4 aliphatic carbocycles. The van der Waals surface area contributed by atoms with Crippen molar-refractivity contribution in [2.75, 3.05) is 0 Å². The zero-order valence-electron chi connectivity index (χ0n) is 21.5. The monoisotopic (exact) mass is 424 g/mol. The van der Waals surface area contributed by atoms with Crippen molar-refractivity contribution < 1.29 is 0 Å². The molecule has 176 valence electrons. The minimum Gasteiger partial charge on any atom is -0.0958 e. The van der Waals surface area contributed by atoms with Crippen LogP contribution in [-0.2, 0) is 0 Å². The van der Waals surface area contributed by atoms with Gasteiger partial charge >= 0.3 is 0 Å². The molecule has 0 saturated heterocycles. The smallest absolute Gasteiger partial charge is 0.00788 e. The van der Waals surface area contributed by atoms with Crippen LogP contribution in [-0.4, -0.2) is 0 Å². The van der Waals surface area contributed by atoms with Crippen LogP contribution >= 0.6 is 0 Å². The van der Waals surface area contributed by atoms with E-state index in [1.807, 2.05) is 5.57 Å². The lowest BCUT2D eigenvalue weighted by Crippen LogP contribution is -2.53. The minimum absolute atomic E-state index is 0.481. The number of allylic oxidation sites excluding steroid dienone is 3. The second-order valence-corrected chi connectivity index (χ2v) is 12.8. The van der Waals surface area contributed by atoms with Gasteiger partial charge in [0.15, 0.2) is 0 Å². The van der Waals surface area contributed by atoms with Gasteiger partial charge in [-0.2, -0.15) is 0 Å². The Morgan fingerprint density at radius 3 is 2.35 bits per heavy atom. The largest absolute Gasteiger partial charge is 0.0958 e. The number of rotatable bonds is 9. The molecule has 3 fully saturated rings. The molecule has 0 aromatic rings. The van der Waals surface area contributed by atoms with Crippen LogP contribution in [0.15, 0.2) is 23.8 Å². The third-order valence-electron chi connectivity index (χ3n) is 11.2. The lowest BCUT2D eigenvalue weighted by molar-refractivity contribution is -0.0775. The predicted molar refractivity (Wildman–Crippen MR) is 136 cm³/mol. The summed E-state index contributed by atoms with van der Waals surface area (Å²) in [6.45, 7) is 14.6. The minimum atomic E-state index is 0.481. The molecule has 0 spiro atoms. The number of fused-ring (bicyclic) bond motifs is 5. The maximum Gasteiger partial charge on any atom is -0.00788 e. The molecular weight excluding hydrogens is 372 g/mol. The first-order valence-corrected chi connectivity index (χ1v) is 14.3. The molecule has 4 rings (SSSR count). The van der Waals surface area contributed by atoms with Gasteiger partial charge in [-0.15, -0.1) is 0 Å². The van der Waals surface area contributed by atoms with E-state index < -0.39 is 0 Å². The highest BCUT2D eigenvalue weighted by molar-refractivity contribution is 5.34. The summed E-state index contributed by atoms with van der Waals surface area (Å²) in [5, 5.41) is 0. The van der Waals surface area contributed by atoms with E-state index in [2.05, 4.69) is 40.3 Å². The summed E-state index contributed by atoms with van der Waals surface area (Å²) in [6, 6.07) is 0. The third kappa shape index (κ3) is 4.48. The molecule has 31 heavy (non-hydrogen) atoms. The molecule has 0 bridgehead atoms. The highest BCUT2D eigenvalue weighted by Gasteiger charge is 2.60. The van der Waals surface area contributed by atoms with Gasteiger partial charge < -0.3 is 0 Å². The van der Waals surface area contributed by atoms with Gasteiger partial charge in [0.25, 0.3) is 0 Å². The zero-order valence-corrected chi connectivity index (χ0v) is 21.5. The first-order valence-electron chi connectivity index (χ1n) is 14.3. The molecule has 0 aromatic carbocycles. The van der Waals surface area contributed by atoms with Gasteiger partial charge in [0.05, 0.1) is 0 Å². The Labute approximate surface area is 194 Å². The summed E-state index contributed by atoms with van der Waals surface area (Å²) in [5.41, 5.74) is 4.33. The first-order chi connectivity index (χ1) is 14.9. The summed E-state index contributed by atoms with van der Waals surface area (Å²) >= 11 is 0. The van der Waals surface area contributed by atoms with E-state index >= 15 is 0 Å². The molecule has 0 heteroatoms. The Hall–Kier alpha value is -0.520. The molecule has 0 heterocycles. The molecule has 0 amide bonds. The van der Waals surface area contributed by atoms with E-state index in [4.69, 9.17) is 0 Å². The Morgan fingerprint density at radius 2 is 1.61 bits per heavy atom. The topological polar surface area (TPSA) is 0 Å². The number of unbranched alkanes of at least 4 members (excludes halogenated alkanes) is 7. The van der Waals surface area contributed by atoms with Crippen LogP contribution < -0.4 is 0 Å². The summed E-state index contributed by atoms with van der Waals surface area (Å²) in [7, 11) is 0. The van der Waals surface area contributed by atoms with Crippen LogP contribution in [0.2, 0.25) is 0 Å². The molecule has 0 aliphatic heterocycles.